The Bertz CT molecular complexity index is 422. The largest absolute Gasteiger partial charge is 0.407 e. The van der Waals surface area contributed by atoms with Gasteiger partial charge in [-0.25, -0.2) is 0 Å². The molecule has 0 aromatic carbocycles. The molecule has 8 heteroatoms. The molecule has 1 aromatic heterocycles. The number of carbonyl (C=O) groups is 1. The van der Waals surface area contributed by atoms with Gasteiger partial charge in [-0.1, -0.05) is 5.10 Å². The van der Waals surface area contributed by atoms with Crippen LogP contribution in [-0.2, 0) is 16.1 Å². The summed E-state index contributed by atoms with van der Waals surface area (Å²) in [4.78, 5) is 13.8. The van der Waals surface area contributed by atoms with Crippen LogP contribution in [0.2, 0.25) is 0 Å². The van der Waals surface area contributed by atoms with Crippen molar-refractivity contribution in [3.05, 3.63) is 5.89 Å². The number of aromatic nitrogens is 2. The lowest BCUT2D eigenvalue weighted by Gasteiger charge is -2.32. The van der Waals surface area contributed by atoms with Crippen molar-refractivity contribution in [1.29, 1.82) is 0 Å². The molecule has 2 N–H and O–H groups in total. The van der Waals surface area contributed by atoms with Crippen molar-refractivity contribution < 1.29 is 13.9 Å². The summed E-state index contributed by atoms with van der Waals surface area (Å²) in [5.74, 6) is 0.411. The molecule has 19 heavy (non-hydrogen) atoms. The van der Waals surface area contributed by atoms with E-state index in [0.29, 0.717) is 44.8 Å². The molecule has 1 amide bonds. The SMILES string of the molecule is CCNC(=O)C1COCCN1c1nnc(CNC)o1. The predicted molar refractivity (Wildman–Crippen MR) is 67.7 cm³/mol. The summed E-state index contributed by atoms with van der Waals surface area (Å²) in [7, 11) is 1.80. The highest BCUT2D eigenvalue weighted by Gasteiger charge is 2.32. The Kier molecular flexibility index (Phi) is 4.69. The Morgan fingerprint density at radius 2 is 2.37 bits per heavy atom. The Labute approximate surface area is 111 Å². The molecule has 1 atom stereocenters. The van der Waals surface area contributed by atoms with E-state index in [9.17, 15) is 4.79 Å². The van der Waals surface area contributed by atoms with Gasteiger partial charge in [0, 0.05) is 13.1 Å². The van der Waals surface area contributed by atoms with E-state index in [0.717, 1.165) is 0 Å². The van der Waals surface area contributed by atoms with Crippen LogP contribution in [-0.4, -0.2) is 55.5 Å². The first-order valence-electron chi connectivity index (χ1n) is 6.35. The summed E-state index contributed by atoms with van der Waals surface area (Å²) in [5, 5.41) is 13.6. The van der Waals surface area contributed by atoms with E-state index >= 15 is 0 Å². The zero-order chi connectivity index (χ0) is 13.7. The fourth-order valence-electron chi connectivity index (χ4n) is 1.93. The third-order valence-corrected chi connectivity index (χ3v) is 2.81. The molecular formula is C11H19N5O3. The summed E-state index contributed by atoms with van der Waals surface area (Å²) in [6, 6.07) is -0.0543. The maximum Gasteiger partial charge on any atom is 0.319 e. The van der Waals surface area contributed by atoms with Gasteiger partial charge in [-0.15, -0.1) is 5.10 Å². The average molecular weight is 269 g/mol. The van der Waals surface area contributed by atoms with Crippen LogP contribution in [0.4, 0.5) is 6.01 Å². The number of amides is 1. The van der Waals surface area contributed by atoms with Crippen LogP contribution in [0.25, 0.3) is 0 Å². The highest BCUT2D eigenvalue weighted by Crippen LogP contribution is 2.18. The maximum atomic E-state index is 12.0. The second-order valence-electron chi connectivity index (χ2n) is 4.19. The quantitative estimate of drug-likeness (QED) is 0.717. The number of nitrogens with zero attached hydrogens (tertiary/aromatic N) is 3. The molecule has 1 aliphatic heterocycles. The average Bonchev–Trinajstić information content (AvgIpc) is 2.88. The van der Waals surface area contributed by atoms with E-state index in [2.05, 4.69) is 20.8 Å². The highest BCUT2D eigenvalue weighted by molar-refractivity contribution is 5.84. The Morgan fingerprint density at radius 3 is 3.11 bits per heavy atom. The van der Waals surface area contributed by atoms with Crippen LogP contribution in [0.15, 0.2) is 4.42 Å². The van der Waals surface area contributed by atoms with Gasteiger partial charge in [-0.05, 0) is 14.0 Å². The molecular weight excluding hydrogens is 250 g/mol. The van der Waals surface area contributed by atoms with Gasteiger partial charge in [0.05, 0.1) is 19.8 Å². The number of hydrogen-bond donors (Lipinski definition) is 2. The Hall–Kier alpha value is -1.67. The lowest BCUT2D eigenvalue weighted by molar-refractivity contribution is -0.124. The standard InChI is InChI=1S/C11H19N5O3/c1-3-13-10(17)8-7-18-5-4-16(8)11-15-14-9(19-11)6-12-2/h8,12H,3-7H2,1-2H3,(H,13,17). The minimum atomic E-state index is -0.420. The number of ether oxygens (including phenoxy) is 1. The lowest BCUT2D eigenvalue weighted by atomic mass is 10.2. The van der Waals surface area contributed by atoms with Gasteiger partial charge < -0.3 is 24.7 Å². The van der Waals surface area contributed by atoms with Gasteiger partial charge in [-0.2, -0.15) is 0 Å². The highest BCUT2D eigenvalue weighted by atomic mass is 16.5. The molecule has 2 rings (SSSR count). The summed E-state index contributed by atoms with van der Waals surface area (Å²) in [6.45, 7) is 4.39. The van der Waals surface area contributed by atoms with Crippen molar-refractivity contribution in [3.8, 4) is 0 Å². The van der Waals surface area contributed by atoms with Crippen LogP contribution in [0.3, 0.4) is 0 Å². The van der Waals surface area contributed by atoms with Crippen molar-refractivity contribution in [2.24, 2.45) is 0 Å². The lowest BCUT2D eigenvalue weighted by Crippen LogP contribution is -2.54. The molecule has 0 bridgehead atoms. The first kappa shape index (κ1) is 13.8. The van der Waals surface area contributed by atoms with E-state index in [-0.39, 0.29) is 5.91 Å². The van der Waals surface area contributed by atoms with Crippen LogP contribution in [0.5, 0.6) is 0 Å². The van der Waals surface area contributed by atoms with Crippen molar-refractivity contribution in [2.45, 2.75) is 19.5 Å². The number of nitrogens with one attached hydrogen (secondary N) is 2. The third kappa shape index (κ3) is 3.21. The first-order valence-corrected chi connectivity index (χ1v) is 6.35. The second kappa shape index (κ2) is 6.48. The molecule has 0 radical (unpaired) electrons. The van der Waals surface area contributed by atoms with E-state index in [1.54, 1.807) is 11.9 Å². The van der Waals surface area contributed by atoms with Crippen LogP contribution in [0, 0.1) is 0 Å². The van der Waals surface area contributed by atoms with E-state index in [1.165, 1.54) is 0 Å². The van der Waals surface area contributed by atoms with Crippen molar-refractivity contribution in [1.82, 2.24) is 20.8 Å². The number of carbonyl (C=O) groups excluding carboxylic acids is 1. The smallest absolute Gasteiger partial charge is 0.319 e. The Morgan fingerprint density at radius 1 is 1.53 bits per heavy atom. The van der Waals surface area contributed by atoms with Crippen molar-refractivity contribution in [2.75, 3.05) is 38.3 Å². The molecule has 1 fully saturated rings. The van der Waals surface area contributed by atoms with Crippen LogP contribution < -0.4 is 15.5 Å². The van der Waals surface area contributed by atoms with Crippen molar-refractivity contribution in [3.63, 3.8) is 0 Å². The predicted octanol–water partition coefficient (Wildman–Crippen LogP) is -0.870. The van der Waals surface area contributed by atoms with Crippen LogP contribution in [0.1, 0.15) is 12.8 Å². The molecule has 0 aliphatic carbocycles. The molecule has 1 saturated heterocycles. The Balaban J connectivity index is 2.11. The summed E-state index contributed by atoms with van der Waals surface area (Å²) < 4.78 is 10.9. The van der Waals surface area contributed by atoms with E-state index in [4.69, 9.17) is 9.15 Å². The molecule has 0 saturated carbocycles. The summed E-state index contributed by atoms with van der Waals surface area (Å²) in [6.07, 6.45) is 0. The fraction of sp³-hybridized carbons (Fsp3) is 0.727. The van der Waals surface area contributed by atoms with Gasteiger partial charge >= 0.3 is 6.01 Å². The molecule has 2 heterocycles. The second-order valence-corrected chi connectivity index (χ2v) is 4.19. The molecule has 1 unspecified atom stereocenters. The van der Waals surface area contributed by atoms with Crippen LogP contribution >= 0.6 is 0 Å². The van der Waals surface area contributed by atoms with E-state index < -0.39 is 6.04 Å². The zero-order valence-electron chi connectivity index (χ0n) is 11.2. The third-order valence-electron chi connectivity index (χ3n) is 2.81. The number of rotatable bonds is 5. The van der Waals surface area contributed by atoms with Gasteiger partial charge in [0.15, 0.2) is 0 Å². The number of anilines is 1. The molecule has 1 aliphatic rings. The minimum absolute atomic E-state index is 0.0874. The number of hydrogen-bond acceptors (Lipinski definition) is 7. The van der Waals surface area contributed by atoms with Gasteiger partial charge in [0.2, 0.25) is 11.8 Å². The molecule has 1 aromatic rings. The number of likely N-dealkylation sites (N-methyl/N-ethyl adjacent to an activating group) is 1. The first-order chi connectivity index (χ1) is 9.26. The topological polar surface area (TPSA) is 92.5 Å². The molecule has 106 valence electrons. The van der Waals surface area contributed by atoms with Gasteiger partial charge in [0.1, 0.15) is 6.04 Å². The van der Waals surface area contributed by atoms with Gasteiger partial charge in [0.25, 0.3) is 0 Å². The van der Waals surface area contributed by atoms with Crippen molar-refractivity contribution >= 4 is 11.9 Å². The molecule has 0 spiro atoms. The molecule has 8 nitrogen and oxygen atoms in total. The minimum Gasteiger partial charge on any atom is -0.407 e. The van der Waals surface area contributed by atoms with E-state index in [1.807, 2.05) is 6.92 Å². The zero-order valence-corrected chi connectivity index (χ0v) is 11.2. The maximum absolute atomic E-state index is 12.0. The summed E-state index contributed by atoms with van der Waals surface area (Å²) in [5.41, 5.74) is 0. The van der Waals surface area contributed by atoms with Gasteiger partial charge in [-0.3, -0.25) is 4.79 Å². The summed E-state index contributed by atoms with van der Waals surface area (Å²) >= 11 is 0. The normalized spacial score (nSPS) is 19.5. The number of morpholine rings is 1. The fourth-order valence-corrected chi connectivity index (χ4v) is 1.93. The monoisotopic (exact) mass is 269 g/mol.